The van der Waals surface area contributed by atoms with Gasteiger partial charge in [0, 0.05) is 17.2 Å². The Bertz CT molecular complexity index is 646. The summed E-state index contributed by atoms with van der Waals surface area (Å²) in [4.78, 5) is 3.65. The highest BCUT2D eigenvalue weighted by Crippen LogP contribution is 2.35. The summed E-state index contributed by atoms with van der Waals surface area (Å²) < 4.78 is 43.1. The lowest BCUT2D eigenvalue weighted by atomic mass is 10.2. The van der Waals surface area contributed by atoms with Gasteiger partial charge in [0.25, 0.3) is 0 Å². The van der Waals surface area contributed by atoms with Crippen molar-refractivity contribution in [1.82, 2.24) is 4.98 Å². The van der Waals surface area contributed by atoms with E-state index in [0.29, 0.717) is 11.1 Å². The Balaban J connectivity index is 2.39. The molecule has 2 aromatic rings. The zero-order valence-corrected chi connectivity index (χ0v) is 11.8. The van der Waals surface area contributed by atoms with Crippen LogP contribution in [0.25, 0.3) is 0 Å². The maximum Gasteiger partial charge on any atom is 0.416 e. The van der Waals surface area contributed by atoms with Crippen LogP contribution in [0.1, 0.15) is 5.56 Å². The fraction of sp³-hybridized carbons (Fsp3) is 0.0833. The molecule has 0 spiro atoms. The van der Waals surface area contributed by atoms with Gasteiger partial charge in [0.15, 0.2) is 0 Å². The molecule has 0 atom stereocenters. The summed E-state index contributed by atoms with van der Waals surface area (Å²) in [5.41, 5.74) is -0.967. The number of hydrogen-bond acceptors (Lipinski definition) is 2. The molecule has 8 heteroatoms. The summed E-state index contributed by atoms with van der Waals surface area (Å²) in [6, 6.07) is 5.76. The first-order chi connectivity index (χ1) is 9.25. The Morgan fingerprint density at radius 3 is 2.35 bits per heavy atom. The van der Waals surface area contributed by atoms with Crippen molar-refractivity contribution in [2.24, 2.45) is 0 Å². The lowest BCUT2D eigenvalue weighted by molar-refractivity contribution is -0.137. The highest BCUT2D eigenvalue weighted by atomic mass is 35.5. The van der Waals surface area contributed by atoms with E-state index in [1.165, 1.54) is 18.2 Å². The van der Waals surface area contributed by atoms with Gasteiger partial charge in [0.05, 0.1) is 10.6 Å². The molecular formula is C12H5Cl3F3NO. The molecule has 0 saturated carbocycles. The quantitative estimate of drug-likeness (QED) is 0.638. The monoisotopic (exact) mass is 341 g/mol. The Morgan fingerprint density at radius 2 is 1.70 bits per heavy atom. The largest absolute Gasteiger partial charge is 0.437 e. The van der Waals surface area contributed by atoms with Crippen molar-refractivity contribution in [2.75, 3.05) is 0 Å². The number of halogens is 6. The molecule has 0 aliphatic carbocycles. The molecule has 0 bridgehead atoms. The Hall–Kier alpha value is -1.17. The summed E-state index contributed by atoms with van der Waals surface area (Å²) in [5, 5.41) is 0.167. The fourth-order valence-corrected chi connectivity index (χ4v) is 1.88. The van der Waals surface area contributed by atoms with Crippen LogP contribution in [-0.2, 0) is 6.18 Å². The van der Waals surface area contributed by atoms with E-state index in [-0.39, 0.29) is 21.8 Å². The first kappa shape index (κ1) is 15.2. The van der Waals surface area contributed by atoms with Crippen molar-refractivity contribution < 1.29 is 17.9 Å². The maximum absolute atomic E-state index is 12.6. The van der Waals surface area contributed by atoms with Crippen molar-refractivity contribution in [3.8, 4) is 11.6 Å². The highest BCUT2D eigenvalue weighted by Gasteiger charge is 2.32. The summed E-state index contributed by atoms with van der Waals surface area (Å²) in [6.45, 7) is 0. The van der Waals surface area contributed by atoms with Gasteiger partial charge in [-0.1, -0.05) is 34.8 Å². The van der Waals surface area contributed by atoms with Gasteiger partial charge in [-0.3, -0.25) is 0 Å². The molecule has 106 valence electrons. The van der Waals surface area contributed by atoms with E-state index in [9.17, 15) is 13.2 Å². The van der Waals surface area contributed by atoms with Crippen LogP contribution in [0.15, 0.2) is 30.3 Å². The highest BCUT2D eigenvalue weighted by molar-refractivity contribution is 6.34. The van der Waals surface area contributed by atoms with Crippen molar-refractivity contribution in [1.29, 1.82) is 0 Å². The van der Waals surface area contributed by atoms with Crippen LogP contribution in [0.3, 0.4) is 0 Å². The first-order valence-corrected chi connectivity index (χ1v) is 6.27. The number of ether oxygens (including phenoxy) is 1. The van der Waals surface area contributed by atoms with Gasteiger partial charge in [0.1, 0.15) is 10.9 Å². The normalized spacial score (nSPS) is 11.5. The van der Waals surface area contributed by atoms with Crippen molar-refractivity contribution in [3.05, 3.63) is 51.1 Å². The molecule has 2 nitrogen and oxygen atoms in total. The zero-order chi connectivity index (χ0) is 14.9. The van der Waals surface area contributed by atoms with Crippen LogP contribution < -0.4 is 4.74 Å². The third-order valence-electron chi connectivity index (χ3n) is 2.21. The van der Waals surface area contributed by atoms with Crippen molar-refractivity contribution in [3.63, 3.8) is 0 Å². The van der Waals surface area contributed by atoms with E-state index in [1.54, 1.807) is 0 Å². The molecule has 0 fully saturated rings. The first-order valence-electron chi connectivity index (χ1n) is 5.13. The molecule has 2 rings (SSSR count). The van der Waals surface area contributed by atoms with E-state index in [2.05, 4.69) is 4.98 Å². The SMILES string of the molecule is FC(F)(F)c1cc(Cl)nc(Oc2cc(Cl)ccc2Cl)c1. The second-order valence-corrected chi connectivity index (χ2v) is 4.92. The number of pyridine rings is 1. The van der Waals surface area contributed by atoms with Crippen LogP contribution in [0.4, 0.5) is 13.2 Å². The number of nitrogens with zero attached hydrogens (tertiary/aromatic N) is 1. The molecule has 1 heterocycles. The van der Waals surface area contributed by atoms with E-state index in [0.717, 1.165) is 6.07 Å². The maximum atomic E-state index is 12.6. The number of alkyl halides is 3. The predicted molar refractivity (Wildman–Crippen MR) is 70.8 cm³/mol. The van der Waals surface area contributed by atoms with Crippen LogP contribution in [0.2, 0.25) is 15.2 Å². The van der Waals surface area contributed by atoms with Gasteiger partial charge in [-0.15, -0.1) is 0 Å². The molecule has 0 radical (unpaired) electrons. The average molecular weight is 343 g/mol. The smallest absolute Gasteiger partial charge is 0.416 e. The Morgan fingerprint density at radius 1 is 1.00 bits per heavy atom. The van der Waals surface area contributed by atoms with E-state index < -0.39 is 11.7 Å². The molecule has 0 unspecified atom stereocenters. The number of rotatable bonds is 2. The van der Waals surface area contributed by atoms with Gasteiger partial charge < -0.3 is 4.74 Å². The standard InChI is InChI=1S/C12H5Cl3F3NO/c13-7-1-2-8(14)9(5-7)20-11-4-6(12(16,17)18)3-10(15)19-11/h1-5H. The number of aromatic nitrogens is 1. The summed E-state index contributed by atoms with van der Waals surface area (Å²) in [6.07, 6.45) is -4.55. The minimum atomic E-state index is -4.55. The summed E-state index contributed by atoms with van der Waals surface area (Å²) >= 11 is 17.1. The second kappa shape index (κ2) is 5.68. The third-order valence-corrected chi connectivity index (χ3v) is 2.95. The lowest BCUT2D eigenvalue weighted by Crippen LogP contribution is -2.05. The van der Waals surface area contributed by atoms with Crippen LogP contribution in [-0.4, -0.2) is 4.98 Å². The molecular weight excluding hydrogens is 337 g/mol. The zero-order valence-electron chi connectivity index (χ0n) is 9.51. The molecule has 0 aliphatic rings. The fourth-order valence-electron chi connectivity index (χ4n) is 1.36. The molecule has 0 saturated heterocycles. The minimum Gasteiger partial charge on any atom is -0.437 e. The topological polar surface area (TPSA) is 22.1 Å². The second-order valence-electron chi connectivity index (χ2n) is 3.69. The summed E-state index contributed by atoms with van der Waals surface area (Å²) in [7, 11) is 0. The minimum absolute atomic E-state index is 0.0852. The molecule has 0 N–H and O–H groups in total. The van der Waals surface area contributed by atoms with Crippen LogP contribution in [0, 0.1) is 0 Å². The Kier molecular flexibility index (Phi) is 4.32. The molecule has 0 aliphatic heterocycles. The van der Waals surface area contributed by atoms with Gasteiger partial charge in [0.2, 0.25) is 5.88 Å². The molecule has 1 aromatic carbocycles. The Labute approximate surface area is 127 Å². The number of benzene rings is 1. The summed E-state index contributed by atoms with van der Waals surface area (Å²) in [5.74, 6) is -0.240. The van der Waals surface area contributed by atoms with Crippen molar-refractivity contribution in [2.45, 2.75) is 6.18 Å². The van der Waals surface area contributed by atoms with Crippen LogP contribution >= 0.6 is 34.8 Å². The van der Waals surface area contributed by atoms with Gasteiger partial charge in [-0.05, 0) is 18.2 Å². The lowest BCUT2D eigenvalue weighted by Gasteiger charge is -2.11. The van der Waals surface area contributed by atoms with Gasteiger partial charge in [-0.25, -0.2) is 4.98 Å². The average Bonchev–Trinajstić information content (AvgIpc) is 2.32. The van der Waals surface area contributed by atoms with E-state index >= 15 is 0 Å². The van der Waals surface area contributed by atoms with E-state index in [4.69, 9.17) is 39.5 Å². The molecule has 1 aromatic heterocycles. The number of hydrogen-bond donors (Lipinski definition) is 0. The molecule has 20 heavy (non-hydrogen) atoms. The van der Waals surface area contributed by atoms with Gasteiger partial charge in [-0.2, -0.15) is 13.2 Å². The van der Waals surface area contributed by atoms with Crippen molar-refractivity contribution >= 4 is 34.8 Å². The third kappa shape index (κ3) is 3.69. The predicted octanol–water partition coefficient (Wildman–Crippen LogP) is 5.85. The van der Waals surface area contributed by atoms with Gasteiger partial charge >= 0.3 is 6.18 Å². The van der Waals surface area contributed by atoms with Crippen LogP contribution in [0.5, 0.6) is 11.6 Å². The van der Waals surface area contributed by atoms with E-state index in [1.807, 2.05) is 0 Å². The molecule has 0 amide bonds.